The fourth-order valence-corrected chi connectivity index (χ4v) is 4.01. The molecule has 1 aliphatic heterocycles. The first kappa shape index (κ1) is 19.3. The number of benzene rings is 2. The van der Waals surface area contributed by atoms with Crippen molar-refractivity contribution in [2.24, 2.45) is 0 Å². The quantitative estimate of drug-likeness (QED) is 0.623. The van der Waals surface area contributed by atoms with E-state index in [1.54, 1.807) is 0 Å². The lowest BCUT2D eigenvalue weighted by Gasteiger charge is -2.33. The molecule has 2 heterocycles. The minimum atomic E-state index is -0.628. The molecular weight excluding hydrogens is 360 g/mol. The first-order chi connectivity index (χ1) is 14.0. The normalized spacial score (nSPS) is 18.0. The van der Waals surface area contributed by atoms with Crippen LogP contribution in [0, 0.1) is 0 Å². The maximum atomic E-state index is 13.5. The topological polar surface area (TPSA) is 33.4 Å². The third-order valence-electron chi connectivity index (χ3n) is 5.42. The highest BCUT2D eigenvalue weighted by Crippen LogP contribution is 2.30. The molecular formula is C25H27N2O2+. The van der Waals surface area contributed by atoms with E-state index in [-0.39, 0.29) is 11.9 Å². The molecule has 1 amide bonds. The van der Waals surface area contributed by atoms with Crippen molar-refractivity contribution in [3.8, 4) is 0 Å². The summed E-state index contributed by atoms with van der Waals surface area (Å²) in [6.45, 7) is 5.22. The Kier molecular flexibility index (Phi) is 5.45. The van der Waals surface area contributed by atoms with Gasteiger partial charge < -0.3 is 9.64 Å². The van der Waals surface area contributed by atoms with Gasteiger partial charge in [0.15, 0.2) is 18.9 Å². The average molecular weight is 388 g/mol. The molecule has 0 unspecified atom stereocenters. The molecule has 1 fully saturated rings. The second-order valence-electron chi connectivity index (χ2n) is 8.03. The van der Waals surface area contributed by atoms with E-state index in [2.05, 4.69) is 28.8 Å². The zero-order valence-electron chi connectivity index (χ0n) is 17.0. The van der Waals surface area contributed by atoms with Crippen LogP contribution >= 0.6 is 0 Å². The van der Waals surface area contributed by atoms with E-state index in [1.807, 2.05) is 79.7 Å². The van der Waals surface area contributed by atoms with Gasteiger partial charge in [-0.25, -0.2) is 0 Å². The SMILES string of the molecule is CC1(C)OC[C@H](Cc2ccccc2)N1C(=O)c1ccc[n+](Cc2ccccc2)c1. The van der Waals surface area contributed by atoms with Gasteiger partial charge in [-0.2, -0.15) is 4.57 Å². The average Bonchev–Trinajstić information content (AvgIpc) is 3.03. The van der Waals surface area contributed by atoms with Crippen LogP contribution in [-0.2, 0) is 17.7 Å². The number of hydrogen-bond donors (Lipinski definition) is 0. The van der Waals surface area contributed by atoms with Crippen LogP contribution in [0.5, 0.6) is 0 Å². The largest absolute Gasteiger partial charge is 0.354 e. The Bertz CT molecular complexity index is 970. The van der Waals surface area contributed by atoms with E-state index in [9.17, 15) is 4.79 Å². The third-order valence-corrected chi connectivity index (χ3v) is 5.42. The molecule has 1 atom stereocenters. The second kappa shape index (κ2) is 8.18. The Morgan fingerprint density at radius 2 is 1.66 bits per heavy atom. The van der Waals surface area contributed by atoms with Gasteiger partial charge in [-0.3, -0.25) is 4.79 Å². The highest BCUT2D eigenvalue weighted by molar-refractivity contribution is 5.94. The molecule has 148 valence electrons. The van der Waals surface area contributed by atoms with Gasteiger partial charge in [-0.1, -0.05) is 60.7 Å². The number of ether oxygens (including phenoxy) is 1. The van der Waals surface area contributed by atoms with Crippen molar-refractivity contribution in [1.29, 1.82) is 0 Å². The number of aromatic nitrogens is 1. The van der Waals surface area contributed by atoms with E-state index < -0.39 is 5.72 Å². The molecule has 0 N–H and O–H groups in total. The highest BCUT2D eigenvalue weighted by atomic mass is 16.5. The number of hydrogen-bond acceptors (Lipinski definition) is 2. The fourth-order valence-electron chi connectivity index (χ4n) is 4.01. The summed E-state index contributed by atoms with van der Waals surface area (Å²) < 4.78 is 8.06. The van der Waals surface area contributed by atoms with Crippen molar-refractivity contribution >= 4 is 5.91 Å². The van der Waals surface area contributed by atoms with Gasteiger partial charge in [-0.15, -0.1) is 0 Å². The molecule has 0 saturated carbocycles. The lowest BCUT2D eigenvalue weighted by atomic mass is 10.0. The molecule has 2 aromatic carbocycles. The van der Waals surface area contributed by atoms with E-state index in [4.69, 9.17) is 4.74 Å². The lowest BCUT2D eigenvalue weighted by molar-refractivity contribution is -0.688. The molecule has 4 nitrogen and oxygen atoms in total. The van der Waals surface area contributed by atoms with Gasteiger partial charge in [0.2, 0.25) is 0 Å². The second-order valence-corrected chi connectivity index (χ2v) is 8.03. The van der Waals surface area contributed by atoms with E-state index in [0.717, 1.165) is 13.0 Å². The van der Waals surface area contributed by atoms with E-state index >= 15 is 0 Å². The number of carbonyl (C=O) groups is 1. The fraction of sp³-hybridized carbons (Fsp3) is 0.280. The predicted octanol–water partition coefficient (Wildman–Crippen LogP) is 3.84. The smallest absolute Gasteiger partial charge is 0.262 e. The summed E-state index contributed by atoms with van der Waals surface area (Å²) in [4.78, 5) is 15.4. The zero-order chi connectivity index (χ0) is 20.3. The lowest BCUT2D eigenvalue weighted by Crippen LogP contribution is -2.49. The molecule has 29 heavy (non-hydrogen) atoms. The van der Waals surface area contributed by atoms with Crippen LogP contribution < -0.4 is 4.57 Å². The highest BCUT2D eigenvalue weighted by Gasteiger charge is 2.44. The predicted molar refractivity (Wildman–Crippen MR) is 112 cm³/mol. The van der Waals surface area contributed by atoms with Crippen LogP contribution in [0.15, 0.2) is 85.2 Å². The monoisotopic (exact) mass is 387 g/mol. The number of rotatable bonds is 5. The Labute approximate surface area is 172 Å². The minimum absolute atomic E-state index is 0.0100. The third kappa shape index (κ3) is 4.38. The minimum Gasteiger partial charge on any atom is -0.354 e. The van der Waals surface area contributed by atoms with Crippen molar-refractivity contribution in [2.75, 3.05) is 6.61 Å². The Morgan fingerprint density at radius 1 is 1.00 bits per heavy atom. The maximum absolute atomic E-state index is 13.5. The van der Waals surface area contributed by atoms with Gasteiger partial charge in [0.25, 0.3) is 5.91 Å². The molecule has 3 aromatic rings. The number of carbonyl (C=O) groups excluding carboxylic acids is 1. The standard InChI is InChI=1S/C25H27N2O2/c1-25(2)27(23(19-29-25)16-20-10-5-3-6-11-20)24(28)22-14-9-15-26(18-22)17-21-12-7-4-8-13-21/h3-15,18,23H,16-17,19H2,1-2H3/q+1/t23-/m0/s1. The van der Waals surface area contributed by atoms with Crippen molar-refractivity contribution in [3.63, 3.8) is 0 Å². The van der Waals surface area contributed by atoms with Crippen molar-refractivity contribution < 1.29 is 14.1 Å². The van der Waals surface area contributed by atoms with Crippen LogP contribution in [0.25, 0.3) is 0 Å². The summed E-state index contributed by atoms with van der Waals surface area (Å²) in [5.41, 5.74) is 2.47. The van der Waals surface area contributed by atoms with Gasteiger partial charge in [-0.05, 0) is 31.9 Å². The number of amides is 1. The molecule has 4 rings (SSSR count). The summed E-state index contributed by atoms with van der Waals surface area (Å²) >= 11 is 0. The van der Waals surface area contributed by atoms with Crippen LogP contribution in [0.1, 0.15) is 35.3 Å². The summed E-state index contributed by atoms with van der Waals surface area (Å²) in [6.07, 6.45) is 4.72. The first-order valence-electron chi connectivity index (χ1n) is 10.1. The summed E-state index contributed by atoms with van der Waals surface area (Å²) in [6, 6.07) is 24.4. The van der Waals surface area contributed by atoms with Crippen LogP contribution in [0.2, 0.25) is 0 Å². The molecule has 1 aliphatic rings. The maximum Gasteiger partial charge on any atom is 0.262 e. The van der Waals surface area contributed by atoms with Crippen molar-refractivity contribution in [3.05, 3.63) is 102 Å². The van der Waals surface area contributed by atoms with Gasteiger partial charge >= 0.3 is 0 Å². The van der Waals surface area contributed by atoms with Crippen LogP contribution in [0.3, 0.4) is 0 Å². The molecule has 1 saturated heterocycles. The number of pyridine rings is 1. The van der Waals surface area contributed by atoms with Crippen molar-refractivity contribution in [1.82, 2.24) is 4.90 Å². The van der Waals surface area contributed by atoms with Crippen LogP contribution in [-0.4, -0.2) is 29.2 Å². The molecule has 0 bridgehead atoms. The van der Waals surface area contributed by atoms with Gasteiger partial charge in [0, 0.05) is 11.6 Å². The van der Waals surface area contributed by atoms with Gasteiger partial charge in [0.05, 0.1) is 12.6 Å². The Hall–Kier alpha value is -2.98. The first-order valence-corrected chi connectivity index (χ1v) is 10.1. The number of nitrogens with zero attached hydrogens (tertiary/aromatic N) is 2. The zero-order valence-corrected chi connectivity index (χ0v) is 17.0. The van der Waals surface area contributed by atoms with Gasteiger partial charge in [0.1, 0.15) is 11.3 Å². The Morgan fingerprint density at radius 3 is 2.34 bits per heavy atom. The van der Waals surface area contributed by atoms with Crippen molar-refractivity contribution in [2.45, 2.75) is 38.6 Å². The molecule has 0 spiro atoms. The van der Waals surface area contributed by atoms with Crippen LogP contribution in [0.4, 0.5) is 0 Å². The summed E-state index contributed by atoms with van der Waals surface area (Å²) in [5, 5.41) is 0. The van der Waals surface area contributed by atoms with E-state index in [0.29, 0.717) is 12.2 Å². The molecule has 4 heteroatoms. The molecule has 0 aliphatic carbocycles. The molecule has 0 radical (unpaired) electrons. The Balaban J connectivity index is 1.57. The van der Waals surface area contributed by atoms with E-state index in [1.165, 1.54) is 11.1 Å². The molecule has 1 aromatic heterocycles. The summed E-state index contributed by atoms with van der Waals surface area (Å²) in [7, 11) is 0. The summed E-state index contributed by atoms with van der Waals surface area (Å²) in [5.74, 6) is 0.0100.